The number of carbonyl (C=O) groups is 1. The summed E-state index contributed by atoms with van der Waals surface area (Å²) in [6.45, 7) is 9.62. The molecule has 0 bridgehead atoms. The Morgan fingerprint density at radius 2 is 1.75 bits per heavy atom. The average molecular weight is 438 g/mol. The fourth-order valence-corrected chi connectivity index (χ4v) is 9.26. The molecule has 5 rings (SSSR count). The molecule has 0 spiro atoms. The number of hydrogen-bond acceptors (Lipinski definition) is 3. The molecule has 32 heavy (non-hydrogen) atoms. The first-order valence-electron chi connectivity index (χ1n) is 13.3. The van der Waals surface area contributed by atoms with Crippen molar-refractivity contribution in [3.63, 3.8) is 0 Å². The maximum Gasteiger partial charge on any atom is 0.338 e. The van der Waals surface area contributed by atoms with E-state index in [1.807, 2.05) is 19.1 Å². The fraction of sp³-hybridized carbons (Fsp3) is 0.759. The number of benzene rings is 1. The molecule has 3 heteroatoms. The van der Waals surface area contributed by atoms with Gasteiger partial charge in [-0.2, -0.15) is 0 Å². The number of nitrogens with two attached hydrogens (primary N) is 1. The summed E-state index contributed by atoms with van der Waals surface area (Å²) in [6.07, 6.45) is 13.2. The highest BCUT2D eigenvalue weighted by Gasteiger charge is 2.59. The van der Waals surface area contributed by atoms with Crippen LogP contribution in [-0.4, -0.2) is 12.1 Å². The minimum Gasteiger partial charge on any atom is -0.459 e. The molecule has 0 saturated heterocycles. The van der Waals surface area contributed by atoms with Gasteiger partial charge in [0.25, 0.3) is 0 Å². The van der Waals surface area contributed by atoms with Gasteiger partial charge in [0.1, 0.15) is 6.10 Å². The van der Waals surface area contributed by atoms with Crippen molar-refractivity contribution in [1.29, 1.82) is 0 Å². The number of fused-ring (bicyclic) bond motifs is 5. The van der Waals surface area contributed by atoms with Crippen molar-refractivity contribution in [2.45, 2.75) is 98.0 Å². The number of esters is 1. The predicted molar refractivity (Wildman–Crippen MR) is 130 cm³/mol. The lowest BCUT2D eigenvalue weighted by Crippen LogP contribution is -2.54. The van der Waals surface area contributed by atoms with Gasteiger partial charge < -0.3 is 10.5 Å². The molecule has 0 radical (unpaired) electrons. The molecule has 4 fully saturated rings. The molecule has 4 aliphatic rings. The van der Waals surface area contributed by atoms with Gasteiger partial charge >= 0.3 is 5.97 Å². The minimum atomic E-state index is -0.201. The Labute approximate surface area is 194 Å². The van der Waals surface area contributed by atoms with E-state index in [0.29, 0.717) is 28.0 Å². The zero-order valence-electron chi connectivity index (χ0n) is 20.7. The largest absolute Gasteiger partial charge is 0.459 e. The number of rotatable bonds is 3. The molecule has 8 atom stereocenters. The van der Waals surface area contributed by atoms with Crippen molar-refractivity contribution in [3.05, 3.63) is 29.3 Å². The van der Waals surface area contributed by atoms with Gasteiger partial charge in [0.05, 0.1) is 5.56 Å². The number of hydrogen-bond donors (Lipinski definition) is 1. The van der Waals surface area contributed by atoms with Gasteiger partial charge in [-0.3, -0.25) is 0 Å². The van der Waals surface area contributed by atoms with Crippen molar-refractivity contribution in [3.8, 4) is 0 Å². The van der Waals surface area contributed by atoms with Crippen molar-refractivity contribution < 1.29 is 9.53 Å². The van der Waals surface area contributed by atoms with Crippen LogP contribution in [0, 0.1) is 47.3 Å². The summed E-state index contributed by atoms with van der Waals surface area (Å²) in [5, 5.41) is 0. The number of anilines is 1. The average Bonchev–Trinajstić information content (AvgIpc) is 3.09. The van der Waals surface area contributed by atoms with Crippen LogP contribution >= 0.6 is 0 Å². The fourth-order valence-electron chi connectivity index (χ4n) is 9.26. The zero-order valence-corrected chi connectivity index (χ0v) is 20.7. The molecule has 0 heterocycles. The lowest BCUT2D eigenvalue weighted by atomic mass is 9.44. The quantitative estimate of drug-likeness (QED) is 0.403. The van der Waals surface area contributed by atoms with Gasteiger partial charge in [-0.25, -0.2) is 4.79 Å². The van der Waals surface area contributed by atoms with Crippen LogP contribution < -0.4 is 5.73 Å². The Morgan fingerprint density at radius 1 is 1.00 bits per heavy atom. The molecular formula is C29H43NO2. The summed E-state index contributed by atoms with van der Waals surface area (Å²) in [6, 6.07) is 5.53. The Bertz CT molecular complexity index is 860. The van der Waals surface area contributed by atoms with Gasteiger partial charge in [0.2, 0.25) is 0 Å². The lowest BCUT2D eigenvalue weighted by molar-refractivity contribution is -0.128. The number of aryl methyl sites for hydroxylation is 1. The molecule has 0 aliphatic heterocycles. The second kappa shape index (κ2) is 8.06. The molecule has 8 unspecified atom stereocenters. The van der Waals surface area contributed by atoms with E-state index in [1.165, 1.54) is 51.4 Å². The summed E-state index contributed by atoms with van der Waals surface area (Å²) in [5.74, 6) is 4.21. The predicted octanol–water partition coefficient (Wildman–Crippen LogP) is 7.17. The minimum absolute atomic E-state index is 0.0590. The molecular weight excluding hydrogens is 394 g/mol. The van der Waals surface area contributed by atoms with Gasteiger partial charge in [-0.1, -0.05) is 27.2 Å². The summed E-state index contributed by atoms with van der Waals surface area (Å²) >= 11 is 0. The van der Waals surface area contributed by atoms with Crippen LogP contribution in [0.5, 0.6) is 0 Å². The van der Waals surface area contributed by atoms with Crippen LogP contribution in [0.1, 0.15) is 101 Å². The SMILES string of the molecule is CCC1CCC2C3CCC4CC(OC(=O)c5cc(C)cc(N)c5)CCC4(C)C3CCC12C. The summed E-state index contributed by atoms with van der Waals surface area (Å²) in [7, 11) is 0. The normalized spacial score (nSPS) is 43.1. The Balaban J connectivity index is 1.27. The highest BCUT2D eigenvalue weighted by atomic mass is 16.5. The van der Waals surface area contributed by atoms with Crippen molar-refractivity contribution >= 4 is 11.7 Å². The monoisotopic (exact) mass is 437 g/mol. The van der Waals surface area contributed by atoms with Crippen LogP contribution in [0.3, 0.4) is 0 Å². The van der Waals surface area contributed by atoms with Crippen molar-refractivity contribution in [2.24, 2.45) is 40.4 Å². The number of nitrogen functional groups attached to an aromatic ring is 1. The highest BCUT2D eigenvalue weighted by Crippen LogP contribution is 2.67. The van der Waals surface area contributed by atoms with Crippen LogP contribution in [0.15, 0.2) is 18.2 Å². The van der Waals surface area contributed by atoms with E-state index in [1.54, 1.807) is 6.07 Å². The van der Waals surface area contributed by atoms with Crippen LogP contribution in [-0.2, 0) is 4.74 Å². The maximum atomic E-state index is 12.8. The summed E-state index contributed by atoms with van der Waals surface area (Å²) in [5.41, 5.74) is 9.22. The molecule has 4 saturated carbocycles. The van der Waals surface area contributed by atoms with Crippen molar-refractivity contribution in [2.75, 3.05) is 5.73 Å². The lowest BCUT2D eigenvalue weighted by Gasteiger charge is -2.61. The maximum absolute atomic E-state index is 12.8. The van der Waals surface area contributed by atoms with Gasteiger partial charge in [-0.15, -0.1) is 0 Å². The molecule has 2 N–H and O–H groups in total. The zero-order chi connectivity index (χ0) is 22.7. The first kappa shape index (κ1) is 22.3. The van der Waals surface area contributed by atoms with E-state index in [2.05, 4.69) is 20.8 Å². The summed E-state index contributed by atoms with van der Waals surface area (Å²) in [4.78, 5) is 12.8. The van der Waals surface area contributed by atoms with Gasteiger partial charge in [0.15, 0.2) is 0 Å². The summed E-state index contributed by atoms with van der Waals surface area (Å²) < 4.78 is 6.04. The van der Waals surface area contributed by atoms with E-state index in [9.17, 15) is 4.79 Å². The molecule has 176 valence electrons. The van der Waals surface area contributed by atoms with Gasteiger partial charge in [-0.05, 0) is 129 Å². The second-order valence-electron chi connectivity index (χ2n) is 12.3. The van der Waals surface area contributed by atoms with Crippen LogP contribution in [0.4, 0.5) is 5.69 Å². The molecule has 0 amide bonds. The molecule has 4 aliphatic carbocycles. The van der Waals surface area contributed by atoms with E-state index in [4.69, 9.17) is 10.5 Å². The molecule has 1 aromatic carbocycles. The first-order valence-corrected chi connectivity index (χ1v) is 13.3. The first-order chi connectivity index (χ1) is 15.2. The van der Waals surface area contributed by atoms with Crippen LogP contribution in [0.2, 0.25) is 0 Å². The van der Waals surface area contributed by atoms with Crippen molar-refractivity contribution in [1.82, 2.24) is 0 Å². The van der Waals surface area contributed by atoms with E-state index in [-0.39, 0.29) is 12.1 Å². The third-order valence-corrected chi connectivity index (χ3v) is 10.9. The number of carbonyl (C=O) groups excluding carboxylic acids is 1. The topological polar surface area (TPSA) is 52.3 Å². The second-order valence-corrected chi connectivity index (χ2v) is 12.3. The van der Waals surface area contributed by atoms with E-state index < -0.39 is 0 Å². The Hall–Kier alpha value is -1.51. The Morgan fingerprint density at radius 3 is 2.50 bits per heavy atom. The van der Waals surface area contributed by atoms with Gasteiger partial charge in [0, 0.05) is 5.69 Å². The highest BCUT2D eigenvalue weighted by molar-refractivity contribution is 5.90. The van der Waals surface area contributed by atoms with E-state index >= 15 is 0 Å². The number of ether oxygens (including phenoxy) is 1. The van der Waals surface area contributed by atoms with Crippen LogP contribution in [0.25, 0.3) is 0 Å². The third kappa shape index (κ3) is 3.49. The Kier molecular flexibility index (Phi) is 5.62. The third-order valence-electron chi connectivity index (χ3n) is 10.9. The smallest absolute Gasteiger partial charge is 0.338 e. The van der Waals surface area contributed by atoms with E-state index in [0.717, 1.165) is 42.1 Å². The molecule has 3 nitrogen and oxygen atoms in total. The molecule has 1 aromatic rings. The molecule has 0 aromatic heterocycles. The standard InChI is InChI=1S/C29H43NO2/c1-5-20-7-9-25-24-8-6-21-17-23(32-27(31)19-14-18(2)15-22(30)16-19)10-12-29(21,4)26(24)11-13-28(20,25)3/h14-16,20-21,23-26H,5-13,17,30H2,1-4H3.